The van der Waals surface area contributed by atoms with Gasteiger partial charge < -0.3 is 15.0 Å². The first-order valence-electron chi connectivity index (χ1n) is 8.62. The maximum Gasteiger partial charge on any atom is 0.230 e. The van der Waals surface area contributed by atoms with E-state index in [-0.39, 0.29) is 23.7 Å². The van der Waals surface area contributed by atoms with Gasteiger partial charge in [0.2, 0.25) is 11.8 Å². The normalized spacial score (nSPS) is 20.5. The van der Waals surface area contributed by atoms with Crippen molar-refractivity contribution in [1.82, 2.24) is 0 Å². The van der Waals surface area contributed by atoms with Gasteiger partial charge in [0.25, 0.3) is 0 Å². The number of halogens is 1. The van der Waals surface area contributed by atoms with Gasteiger partial charge in [-0.25, -0.2) is 0 Å². The first-order valence-corrected chi connectivity index (χ1v) is 9.00. The van der Waals surface area contributed by atoms with E-state index < -0.39 is 0 Å². The SMILES string of the molecule is COc1ccc(NC(=O)C2CC2C(=O)N2CCc3ccccc32)cc1Cl. The van der Waals surface area contributed by atoms with Crippen LogP contribution in [-0.4, -0.2) is 25.5 Å². The molecule has 1 fully saturated rings. The number of nitrogens with zero attached hydrogens (tertiary/aromatic N) is 1. The fraction of sp³-hybridized carbons (Fsp3) is 0.300. The van der Waals surface area contributed by atoms with E-state index in [0.717, 1.165) is 12.1 Å². The second kappa shape index (κ2) is 6.65. The van der Waals surface area contributed by atoms with Gasteiger partial charge in [-0.2, -0.15) is 0 Å². The van der Waals surface area contributed by atoms with E-state index in [1.54, 1.807) is 18.2 Å². The van der Waals surface area contributed by atoms with E-state index in [0.29, 0.717) is 29.4 Å². The van der Waals surface area contributed by atoms with Crippen molar-refractivity contribution >= 4 is 34.8 Å². The standard InChI is InChI=1S/C20H19ClN2O3/c1-26-18-7-6-13(10-16(18)21)22-19(24)14-11-15(14)20(25)23-9-8-12-4-2-3-5-17(12)23/h2-7,10,14-15H,8-9,11H2,1H3,(H,22,24). The number of methoxy groups -OCH3 is 1. The van der Waals surface area contributed by atoms with Crippen LogP contribution in [0.2, 0.25) is 5.02 Å². The molecule has 2 atom stereocenters. The highest BCUT2D eigenvalue weighted by atomic mass is 35.5. The van der Waals surface area contributed by atoms with Crippen molar-refractivity contribution in [2.24, 2.45) is 11.8 Å². The van der Waals surface area contributed by atoms with Crippen LogP contribution in [0.4, 0.5) is 11.4 Å². The number of rotatable bonds is 4. The van der Waals surface area contributed by atoms with Crippen LogP contribution in [-0.2, 0) is 16.0 Å². The molecular formula is C20H19ClN2O3. The van der Waals surface area contributed by atoms with Crippen LogP contribution in [0, 0.1) is 11.8 Å². The Morgan fingerprint density at radius 3 is 2.77 bits per heavy atom. The summed E-state index contributed by atoms with van der Waals surface area (Å²) in [6.07, 6.45) is 1.46. The predicted octanol–water partition coefficient (Wildman–Crippen LogP) is 3.51. The molecule has 2 aromatic rings. The molecule has 2 aromatic carbocycles. The summed E-state index contributed by atoms with van der Waals surface area (Å²) in [5, 5.41) is 3.27. The van der Waals surface area contributed by atoms with Crippen LogP contribution in [0.1, 0.15) is 12.0 Å². The first-order chi connectivity index (χ1) is 12.6. The van der Waals surface area contributed by atoms with Crippen molar-refractivity contribution in [3.05, 3.63) is 53.1 Å². The molecule has 134 valence electrons. The van der Waals surface area contributed by atoms with Crippen molar-refractivity contribution in [3.8, 4) is 5.75 Å². The molecule has 4 rings (SSSR count). The largest absolute Gasteiger partial charge is 0.495 e. The van der Waals surface area contributed by atoms with Crippen LogP contribution < -0.4 is 15.0 Å². The number of anilines is 2. The number of benzene rings is 2. The molecule has 26 heavy (non-hydrogen) atoms. The first kappa shape index (κ1) is 16.9. The lowest BCUT2D eigenvalue weighted by Gasteiger charge is -2.17. The summed E-state index contributed by atoms with van der Waals surface area (Å²) in [6.45, 7) is 0.692. The molecule has 5 nitrogen and oxygen atoms in total. The van der Waals surface area contributed by atoms with Crippen molar-refractivity contribution in [1.29, 1.82) is 0 Å². The number of carbonyl (C=O) groups excluding carboxylic acids is 2. The predicted molar refractivity (Wildman–Crippen MR) is 101 cm³/mol. The van der Waals surface area contributed by atoms with Gasteiger partial charge in [-0.05, 0) is 42.7 Å². The lowest BCUT2D eigenvalue weighted by Crippen LogP contribution is -2.31. The molecule has 0 saturated heterocycles. The molecule has 6 heteroatoms. The Morgan fingerprint density at radius 2 is 2.00 bits per heavy atom. The van der Waals surface area contributed by atoms with Gasteiger partial charge >= 0.3 is 0 Å². The van der Waals surface area contributed by atoms with Crippen LogP contribution >= 0.6 is 11.6 Å². The minimum absolute atomic E-state index is 0.0443. The van der Waals surface area contributed by atoms with Crippen LogP contribution in [0.15, 0.2) is 42.5 Å². The molecule has 2 amide bonds. The quantitative estimate of drug-likeness (QED) is 0.895. The van der Waals surface area contributed by atoms with E-state index >= 15 is 0 Å². The molecule has 1 N–H and O–H groups in total. The van der Waals surface area contributed by atoms with Crippen molar-refractivity contribution < 1.29 is 14.3 Å². The number of nitrogens with one attached hydrogen (secondary N) is 1. The minimum atomic E-state index is -0.281. The zero-order valence-electron chi connectivity index (χ0n) is 14.4. The molecule has 0 radical (unpaired) electrons. The summed E-state index contributed by atoms with van der Waals surface area (Å²) in [6, 6.07) is 13.0. The Labute approximate surface area is 156 Å². The molecule has 1 saturated carbocycles. The fourth-order valence-corrected chi connectivity index (χ4v) is 3.76. The molecule has 0 bridgehead atoms. The monoisotopic (exact) mass is 370 g/mol. The molecular weight excluding hydrogens is 352 g/mol. The highest BCUT2D eigenvalue weighted by Gasteiger charge is 2.50. The summed E-state index contributed by atoms with van der Waals surface area (Å²) in [5.41, 5.74) is 2.77. The molecule has 1 heterocycles. The summed E-state index contributed by atoms with van der Waals surface area (Å²) >= 11 is 6.08. The maximum atomic E-state index is 12.8. The maximum absolute atomic E-state index is 12.8. The summed E-state index contributed by atoms with van der Waals surface area (Å²) < 4.78 is 5.10. The Bertz CT molecular complexity index is 883. The van der Waals surface area contributed by atoms with Crippen LogP contribution in [0.5, 0.6) is 5.75 Å². The zero-order chi connectivity index (χ0) is 18.3. The number of hydrogen-bond acceptors (Lipinski definition) is 3. The highest BCUT2D eigenvalue weighted by molar-refractivity contribution is 6.32. The number of para-hydroxylation sites is 1. The summed E-state index contributed by atoms with van der Waals surface area (Å²) in [5.74, 6) is -0.0669. The molecule has 2 aliphatic rings. The smallest absolute Gasteiger partial charge is 0.230 e. The molecule has 0 spiro atoms. The van der Waals surface area contributed by atoms with E-state index in [2.05, 4.69) is 5.32 Å². The average Bonchev–Trinajstić information content (AvgIpc) is 3.33. The summed E-state index contributed by atoms with van der Waals surface area (Å²) in [7, 11) is 1.54. The van der Waals surface area contributed by atoms with Crippen LogP contribution in [0.25, 0.3) is 0 Å². The van der Waals surface area contributed by atoms with Gasteiger partial charge in [0.15, 0.2) is 0 Å². The van der Waals surface area contributed by atoms with Gasteiger partial charge in [0, 0.05) is 17.9 Å². The topological polar surface area (TPSA) is 58.6 Å². The van der Waals surface area contributed by atoms with E-state index in [1.807, 2.05) is 29.2 Å². The Kier molecular flexibility index (Phi) is 4.32. The van der Waals surface area contributed by atoms with Gasteiger partial charge in [0.05, 0.1) is 24.0 Å². The Balaban J connectivity index is 1.40. The van der Waals surface area contributed by atoms with Crippen molar-refractivity contribution in [2.45, 2.75) is 12.8 Å². The highest BCUT2D eigenvalue weighted by Crippen LogP contribution is 2.43. The summed E-state index contributed by atoms with van der Waals surface area (Å²) in [4.78, 5) is 27.1. The number of hydrogen-bond donors (Lipinski definition) is 1. The second-order valence-electron chi connectivity index (χ2n) is 6.66. The molecule has 2 unspecified atom stereocenters. The van der Waals surface area contributed by atoms with Gasteiger partial charge in [-0.3, -0.25) is 9.59 Å². The Morgan fingerprint density at radius 1 is 1.19 bits per heavy atom. The van der Waals surface area contributed by atoms with E-state index in [9.17, 15) is 9.59 Å². The number of fused-ring (bicyclic) bond motifs is 1. The third-order valence-electron chi connectivity index (χ3n) is 5.02. The number of amides is 2. The Hall–Kier alpha value is -2.53. The van der Waals surface area contributed by atoms with Crippen molar-refractivity contribution in [2.75, 3.05) is 23.9 Å². The molecule has 1 aliphatic carbocycles. The average molecular weight is 371 g/mol. The molecule has 1 aliphatic heterocycles. The third kappa shape index (κ3) is 3.03. The van der Waals surface area contributed by atoms with E-state index in [1.165, 1.54) is 12.7 Å². The fourth-order valence-electron chi connectivity index (χ4n) is 3.50. The van der Waals surface area contributed by atoms with Crippen LogP contribution in [0.3, 0.4) is 0 Å². The lowest BCUT2D eigenvalue weighted by atomic mass is 10.2. The minimum Gasteiger partial charge on any atom is -0.495 e. The number of carbonyl (C=O) groups is 2. The lowest BCUT2D eigenvalue weighted by molar-refractivity contribution is -0.123. The van der Waals surface area contributed by atoms with Gasteiger partial charge in [0.1, 0.15) is 5.75 Å². The molecule has 0 aromatic heterocycles. The van der Waals surface area contributed by atoms with Crippen molar-refractivity contribution in [3.63, 3.8) is 0 Å². The van der Waals surface area contributed by atoms with Gasteiger partial charge in [-0.1, -0.05) is 29.8 Å². The zero-order valence-corrected chi connectivity index (χ0v) is 15.1. The second-order valence-corrected chi connectivity index (χ2v) is 7.06. The van der Waals surface area contributed by atoms with Gasteiger partial charge in [-0.15, -0.1) is 0 Å². The van der Waals surface area contributed by atoms with E-state index in [4.69, 9.17) is 16.3 Å². The number of ether oxygens (including phenoxy) is 1. The third-order valence-corrected chi connectivity index (χ3v) is 5.31.